The molecule has 0 aliphatic heterocycles. The van der Waals surface area contributed by atoms with Crippen LogP contribution in [0.3, 0.4) is 0 Å². The highest BCUT2D eigenvalue weighted by molar-refractivity contribution is 9.10. The minimum Gasteiger partial charge on any atom is -0.489 e. The normalized spacial score (nSPS) is 10.9. The molecule has 0 saturated heterocycles. The molecule has 3 aromatic carbocycles. The monoisotopic (exact) mass is 546 g/mol. The third-order valence-corrected chi connectivity index (χ3v) is 6.11. The van der Waals surface area contributed by atoms with E-state index in [1.54, 1.807) is 67.6 Å². The molecule has 4 aromatic rings. The first-order chi connectivity index (χ1) is 15.9. The Balaban J connectivity index is 1.75. The number of carbonyl (C=O) groups is 1. The van der Waals surface area contributed by atoms with Gasteiger partial charge in [-0.2, -0.15) is 0 Å². The number of fused-ring (bicyclic) bond motifs is 1. The van der Waals surface area contributed by atoms with Crippen LogP contribution in [0, 0.1) is 0 Å². The van der Waals surface area contributed by atoms with Crippen molar-refractivity contribution in [3.05, 3.63) is 96.7 Å². The lowest BCUT2D eigenvalue weighted by molar-refractivity contribution is 0.0492. The lowest BCUT2D eigenvalue weighted by atomic mass is 10.0. The van der Waals surface area contributed by atoms with Crippen molar-refractivity contribution in [3.8, 4) is 16.9 Å². The van der Waals surface area contributed by atoms with Crippen molar-refractivity contribution in [1.82, 2.24) is 0 Å². The van der Waals surface area contributed by atoms with Crippen molar-refractivity contribution in [3.63, 3.8) is 0 Å². The quantitative estimate of drug-likeness (QED) is 0.237. The minimum absolute atomic E-state index is 0.146. The lowest BCUT2D eigenvalue weighted by Gasteiger charge is -2.11. The number of carbonyl (C=O) groups excluding carboxylic acids is 1. The Morgan fingerprint density at radius 2 is 1.76 bits per heavy atom. The topological polar surface area (TPSA) is 65.7 Å². The predicted molar refractivity (Wildman–Crippen MR) is 132 cm³/mol. The largest absolute Gasteiger partial charge is 0.489 e. The van der Waals surface area contributed by atoms with E-state index >= 15 is 0 Å². The summed E-state index contributed by atoms with van der Waals surface area (Å²) in [6, 6.07) is 17.1. The Kier molecular flexibility index (Phi) is 7.08. The summed E-state index contributed by atoms with van der Waals surface area (Å²) in [7, 11) is 0. The average Bonchev–Trinajstić information content (AvgIpc) is 2.80. The summed E-state index contributed by atoms with van der Waals surface area (Å²) >= 11 is 15.4. The summed E-state index contributed by atoms with van der Waals surface area (Å²) in [5.41, 5.74) is 1.41. The number of rotatable bonds is 6. The van der Waals surface area contributed by atoms with Crippen molar-refractivity contribution >= 4 is 56.1 Å². The van der Waals surface area contributed by atoms with E-state index in [4.69, 9.17) is 37.1 Å². The number of hydrogen-bond donors (Lipinski definition) is 0. The Labute approximate surface area is 208 Å². The van der Waals surface area contributed by atoms with Gasteiger partial charge in [-0.1, -0.05) is 57.3 Å². The predicted octanol–water partition coefficient (Wildman–Crippen LogP) is 7.29. The number of benzene rings is 3. The van der Waals surface area contributed by atoms with E-state index in [9.17, 15) is 9.59 Å². The number of hydrogen-bond acceptors (Lipinski definition) is 5. The summed E-state index contributed by atoms with van der Waals surface area (Å²) in [5.74, 6) is -0.405. The molecule has 33 heavy (non-hydrogen) atoms. The maximum Gasteiger partial charge on any atom is 0.375 e. The number of esters is 1. The van der Waals surface area contributed by atoms with Gasteiger partial charge in [0.15, 0.2) is 0 Å². The van der Waals surface area contributed by atoms with Crippen LogP contribution in [0.4, 0.5) is 0 Å². The van der Waals surface area contributed by atoms with Gasteiger partial charge in [0.2, 0.25) is 11.2 Å². The molecule has 0 spiro atoms. The minimum atomic E-state index is -0.712. The molecule has 0 bridgehead atoms. The van der Waals surface area contributed by atoms with Crippen LogP contribution in [-0.2, 0) is 11.3 Å². The summed E-state index contributed by atoms with van der Waals surface area (Å²) in [4.78, 5) is 26.0. The molecule has 0 radical (unpaired) electrons. The molecule has 0 amide bonds. The van der Waals surface area contributed by atoms with Crippen LogP contribution in [0.1, 0.15) is 23.0 Å². The van der Waals surface area contributed by atoms with E-state index in [-0.39, 0.29) is 35.5 Å². The van der Waals surface area contributed by atoms with Crippen LogP contribution in [0.15, 0.2) is 74.3 Å². The SMILES string of the molecule is CCOC(=O)c1oc2cc(OCc3ccc(Cl)c(Cl)c3)ccc2c(=O)c1-c1ccc(Br)cc1. The van der Waals surface area contributed by atoms with E-state index in [2.05, 4.69) is 15.9 Å². The van der Waals surface area contributed by atoms with Crippen molar-refractivity contribution < 1.29 is 18.7 Å². The lowest BCUT2D eigenvalue weighted by Crippen LogP contribution is -2.15. The second kappa shape index (κ2) is 10.00. The average molecular weight is 548 g/mol. The van der Waals surface area contributed by atoms with Crippen molar-refractivity contribution in [2.75, 3.05) is 6.61 Å². The van der Waals surface area contributed by atoms with Gasteiger partial charge < -0.3 is 13.9 Å². The molecule has 168 valence electrons. The van der Waals surface area contributed by atoms with Gasteiger partial charge in [0.25, 0.3) is 0 Å². The first-order valence-electron chi connectivity index (χ1n) is 9.98. The van der Waals surface area contributed by atoms with Crippen LogP contribution in [0.2, 0.25) is 10.0 Å². The highest BCUT2D eigenvalue weighted by Gasteiger charge is 2.23. The third-order valence-electron chi connectivity index (χ3n) is 4.85. The Hall–Kier alpha value is -2.80. The van der Waals surface area contributed by atoms with E-state index in [1.807, 2.05) is 0 Å². The van der Waals surface area contributed by atoms with Gasteiger partial charge >= 0.3 is 5.97 Å². The van der Waals surface area contributed by atoms with Gasteiger partial charge in [-0.05, 0) is 54.4 Å². The standard InChI is InChI=1S/C25H17BrCl2O5/c1-2-31-25(30)24-22(15-4-6-16(26)7-5-15)23(29)18-9-8-17(12-21(18)33-24)32-13-14-3-10-19(27)20(28)11-14/h3-12H,2,13H2,1H3. The summed E-state index contributed by atoms with van der Waals surface area (Å²) < 4.78 is 17.7. The van der Waals surface area contributed by atoms with Crippen molar-refractivity contribution in [2.24, 2.45) is 0 Å². The number of halogens is 3. The van der Waals surface area contributed by atoms with Gasteiger partial charge in [-0.15, -0.1) is 0 Å². The molecule has 5 nitrogen and oxygen atoms in total. The first-order valence-corrected chi connectivity index (χ1v) is 11.5. The van der Waals surface area contributed by atoms with Crippen LogP contribution in [0.25, 0.3) is 22.1 Å². The smallest absolute Gasteiger partial charge is 0.375 e. The summed E-state index contributed by atoms with van der Waals surface area (Å²) in [6.07, 6.45) is 0. The Bertz CT molecular complexity index is 1400. The van der Waals surface area contributed by atoms with Crippen LogP contribution in [0.5, 0.6) is 5.75 Å². The van der Waals surface area contributed by atoms with E-state index in [0.717, 1.165) is 10.0 Å². The summed E-state index contributed by atoms with van der Waals surface area (Å²) in [5, 5.41) is 1.21. The fourth-order valence-corrected chi connectivity index (χ4v) is 3.86. The van der Waals surface area contributed by atoms with Crippen LogP contribution >= 0.6 is 39.1 Å². The van der Waals surface area contributed by atoms with Gasteiger partial charge in [0, 0.05) is 10.5 Å². The maximum atomic E-state index is 13.4. The second-order valence-electron chi connectivity index (χ2n) is 7.06. The zero-order valence-electron chi connectivity index (χ0n) is 17.4. The van der Waals surface area contributed by atoms with Gasteiger partial charge in [-0.3, -0.25) is 4.79 Å². The van der Waals surface area contributed by atoms with Gasteiger partial charge in [-0.25, -0.2) is 4.79 Å². The highest BCUT2D eigenvalue weighted by Crippen LogP contribution is 2.29. The van der Waals surface area contributed by atoms with Gasteiger partial charge in [0.05, 0.1) is 27.6 Å². The fourth-order valence-electron chi connectivity index (χ4n) is 3.28. The zero-order chi connectivity index (χ0) is 23.5. The molecule has 4 rings (SSSR count). The van der Waals surface area contributed by atoms with E-state index < -0.39 is 5.97 Å². The Morgan fingerprint density at radius 1 is 1.00 bits per heavy atom. The molecule has 0 aliphatic carbocycles. The second-order valence-corrected chi connectivity index (χ2v) is 8.79. The first kappa shape index (κ1) is 23.4. The van der Waals surface area contributed by atoms with E-state index in [1.165, 1.54) is 0 Å². The van der Waals surface area contributed by atoms with Crippen molar-refractivity contribution in [1.29, 1.82) is 0 Å². The molecule has 1 heterocycles. The van der Waals surface area contributed by atoms with Crippen LogP contribution in [-0.4, -0.2) is 12.6 Å². The fraction of sp³-hybridized carbons (Fsp3) is 0.120. The maximum absolute atomic E-state index is 13.4. The molecular weight excluding hydrogens is 531 g/mol. The summed E-state index contributed by atoms with van der Waals surface area (Å²) in [6.45, 7) is 2.06. The molecule has 0 N–H and O–H groups in total. The van der Waals surface area contributed by atoms with Crippen LogP contribution < -0.4 is 10.2 Å². The molecule has 0 unspecified atom stereocenters. The third kappa shape index (κ3) is 5.08. The number of ether oxygens (including phenoxy) is 2. The van der Waals surface area contributed by atoms with Gasteiger partial charge in [0.1, 0.15) is 17.9 Å². The molecule has 8 heteroatoms. The van der Waals surface area contributed by atoms with E-state index in [0.29, 0.717) is 26.7 Å². The molecule has 0 fully saturated rings. The molecule has 0 aliphatic rings. The molecule has 1 aromatic heterocycles. The zero-order valence-corrected chi connectivity index (χ0v) is 20.5. The van der Waals surface area contributed by atoms with Crippen molar-refractivity contribution in [2.45, 2.75) is 13.5 Å². The Morgan fingerprint density at radius 3 is 2.45 bits per heavy atom. The molecule has 0 atom stereocenters. The molecule has 0 saturated carbocycles. The highest BCUT2D eigenvalue weighted by atomic mass is 79.9. The molecular formula is C25H17BrCl2O5.